The Morgan fingerprint density at radius 1 is 1.20 bits per heavy atom. The SMILES string of the molecule is C=CC(=O)N(C)[C@@H]1CCN(c2ccc3ncnc(Nc4cc(C)c(Oc5ccn6ncnc6c5)cc4F)c3n2)C1. The molecule has 4 aromatic heterocycles. The third-order valence-electron chi connectivity index (χ3n) is 7.02. The lowest BCUT2D eigenvalue weighted by atomic mass is 10.2. The Kier molecular flexibility index (Phi) is 6.42. The van der Waals surface area contributed by atoms with Gasteiger partial charge in [0.2, 0.25) is 5.91 Å². The molecule has 5 aromatic rings. The van der Waals surface area contributed by atoms with Gasteiger partial charge in [0.25, 0.3) is 0 Å². The maximum atomic E-state index is 15.3. The number of likely N-dealkylation sites (N-methyl/N-ethyl adjacent to an activating group) is 1. The Hall–Kier alpha value is -5.13. The lowest BCUT2D eigenvalue weighted by Gasteiger charge is -2.24. The minimum Gasteiger partial charge on any atom is -0.457 e. The van der Waals surface area contributed by atoms with E-state index in [-0.39, 0.29) is 17.6 Å². The van der Waals surface area contributed by atoms with Crippen LogP contribution in [0.25, 0.3) is 16.7 Å². The molecule has 1 fully saturated rings. The Morgan fingerprint density at radius 3 is 2.92 bits per heavy atom. The van der Waals surface area contributed by atoms with E-state index in [4.69, 9.17) is 9.72 Å². The maximum Gasteiger partial charge on any atom is 0.246 e. The van der Waals surface area contributed by atoms with E-state index in [1.165, 1.54) is 24.8 Å². The lowest BCUT2D eigenvalue weighted by Crippen LogP contribution is -2.38. The zero-order valence-electron chi connectivity index (χ0n) is 22.0. The highest BCUT2D eigenvalue weighted by Crippen LogP contribution is 2.33. The second kappa shape index (κ2) is 10.2. The third kappa shape index (κ3) is 4.75. The van der Waals surface area contributed by atoms with Crippen LogP contribution in [-0.2, 0) is 4.79 Å². The van der Waals surface area contributed by atoms with E-state index < -0.39 is 5.82 Å². The lowest BCUT2D eigenvalue weighted by molar-refractivity contribution is -0.126. The van der Waals surface area contributed by atoms with Crippen molar-refractivity contribution in [3.05, 3.63) is 79.3 Å². The van der Waals surface area contributed by atoms with Gasteiger partial charge < -0.3 is 19.9 Å². The first-order chi connectivity index (χ1) is 19.4. The molecule has 1 aromatic carbocycles. The number of aromatic nitrogens is 6. The second-order valence-electron chi connectivity index (χ2n) is 9.55. The summed E-state index contributed by atoms with van der Waals surface area (Å²) in [6.07, 6.45) is 6.73. The first-order valence-electron chi connectivity index (χ1n) is 12.7. The molecule has 0 aliphatic carbocycles. The van der Waals surface area contributed by atoms with E-state index in [0.717, 1.165) is 24.3 Å². The van der Waals surface area contributed by atoms with E-state index in [9.17, 15) is 4.79 Å². The summed E-state index contributed by atoms with van der Waals surface area (Å²) in [7, 11) is 1.78. The predicted molar refractivity (Wildman–Crippen MR) is 148 cm³/mol. The van der Waals surface area contributed by atoms with Crippen molar-refractivity contribution >= 4 is 39.9 Å². The third-order valence-corrected chi connectivity index (χ3v) is 7.02. The normalized spacial score (nSPS) is 15.0. The van der Waals surface area contributed by atoms with Crippen LogP contribution in [0.15, 0.2) is 67.9 Å². The molecule has 6 rings (SSSR count). The van der Waals surface area contributed by atoms with E-state index >= 15 is 4.39 Å². The van der Waals surface area contributed by atoms with Gasteiger partial charge >= 0.3 is 0 Å². The Bertz CT molecular complexity index is 1760. The first kappa shape index (κ1) is 25.2. The molecule has 0 bridgehead atoms. The molecule has 1 amide bonds. The van der Waals surface area contributed by atoms with Crippen LogP contribution in [0, 0.1) is 12.7 Å². The predicted octanol–water partition coefficient (Wildman–Crippen LogP) is 4.27. The van der Waals surface area contributed by atoms with Crippen molar-refractivity contribution in [1.29, 1.82) is 0 Å². The number of benzene rings is 1. The number of amides is 1. The van der Waals surface area contributed by atoms with Gasteiger partial charge in [-0.3, -0.25) is 4.79 Å². The fraction of sp³-hybridized carbons (Fsp3) is 0.214. The van der Waals surface area contributed by atoms with Crippen molar-refractivity contribution in [3.8, 4) is 11.5 Å². The molecule has 1 aliphatic heterocycles. The fourth-order valence-electron chi connectivity index (χ4n) is 4.77. The largest absolute Gasteiger partial charge is 0.457 e. The average molecular weight is 540 g/mol. The van der Waals surface area contributed by atoms with Gasteiger partial charge in [-0.2, -0.15) is 5.10 Å². The molecule has 0 spiro atoms. The number of halogens is 1. The van der Waals surface area contributed by atoms with Gasteiger partial charge in [-0.25, -0.2) is 28.8 Å². The molecule has 1 aliphatic rings. The number of nitrogens with zero attached hydrogens (tertiary/aromatic N) is 8. The summed E-state index contributed by atoms with van der Waals surface area (Å²) in [6, 6.07) is 10.3. The van der Waals surface area contributed by atoms with Crippen LogP contribution in [0.2, 0.25) is 0 Å². The van der Waals surface area contributed by atoms with E-state index in [0.29, 0.717) is 40.5 Å². The fourth-order valence-corrected chi connectivity index (χ4v) is 4.77. The van der Waals surface area contributed by atoms with Crippen molar-refractivity contribution in [2.75, 3.05) is 30.4 Å². The number of pyridine rings is 2. The molecule has 40 heavy (non-hydrogen) atoms. The number of anilines is 3. The minimum atomic E-state index is -0.510. The summed E-state index contributed by atoms with van der Waals surface area (Å²) in [6.45, 7) is 6.80. The van der Waals surface area contributed by atoms with Gasteiger partial charge in [-0.15, -0.1) is 0 Å². The zero-order valence-corrected chi connectivity index (χ0v) is 22.0. The Balaban J connectivity index is 1.24. The molecule has 12 heteroatoms. The topological polar surface area (TPSA) is 114 Å². The number of carbonyl (C=O) groups is 1. The average Bonchev–Trinajstić information content (AvgIpc) is 3.65. The van der Waals surface area contributed by atoms with Crippen molar-refractivity contribution in [1.82, 2.24) is 34.4 Å². The highest BCUT2D eigenvalue weighted by Gasteiger charge is 2.28. The van der Waals surface area contributed by atoms with Gasteiger partial charge in [-0.1, -0.05) is 6.58 Å². The number of hydrogen-bond acceptors (Lipinski definition) is 9. The molecule has 0 unspecified atom stereocenters. The molecule has 202 valence electrons. The molecule has 1 atom stereocenters. The monoisotopic (exact) mass is 539 g/mol. The van der Waals surface area contributed by atoms with Gasteiger partial charge in [-0.05, 0) is 49.2 Å². The van der Waals surface area contributed by atoms with Gasteiger partial charge in [0.05, 0.1) is 17.2 Å². The smallest absolute Gasteiger partial charge is 0.246 e. The number of carbonyl (C=O) groups excluding carboxylic acids is 1. The molecular formula is C28H26FN9O2. The number of nitrogens with one attached hydrogen (secondary N) is 1. The van der Waals surface area contributed by atoms with Crippen molar-refractivity contribution in [2.24, 2.45) is 0 Å². The van der Waals surface area contributed by atoms with Crippen LogP contribution >= 0.6 is 0 Å². The molecule has 5 heterocycles. The number of ether oxygens (including phenoxy) is 1. The van der Waals surface area contributed by atoms with Crippen molar-refractivity contribution < 1.29 is 13.9 Å². The number of aryl methyl sites for hydroxylation is 1. The van der Waals surface area contributed by atoms with E-state index in [1.54, 1.807) is 40.9 Å². The molecule has 0 radical (unpaired) electrons. The Labute approximate surface area is 229 Å². The number of rotatable bonds is 7. The van der Waals surface area contributed by atoms with Crippen LogP contribution in [0.3, 0.4) is 0 Å². The summed E-state index contributed by atoms with van der Waals surface area (Å²) in [4.78, 5) is 33.5. The van der Waals surface area contributed by atoms with Crippen LogP contribution in [-0.4, -0.2) is 66.5 Å². The van der Waals surface area contributed by atoms with Crippen LogP contribution in [0.4, 0.5) is 21.7 Å². The number of fused-ring (bicyclic) bond motifs is 2. The quantitative estimate of drug-likeness (QED) is 0.303. The van der Waals surface area contributed by atoms with Crippen LogP contribution in [0.5, 0.6) is 11.5 Å². The summed E-state index contributed by atoms with van der Waals surface area (Å²) in [5.74, 6) is 1.39. The summed E-state index contributed by atoms with van der Waals surface area (Å²) in [5, 5.41) is 7.15. The van der Waals surface area contributed by atoms with E-state index in [1.807, 2.05) is 19.1 Å². The minimum absolute atomic E-state index is 0.0590. The molecular weight excluding hydrogens is 513 g/mol. The molecule has 1 N–H and O–H groups in total. The zero-order chi connectivity index (χ0) is 27.8. The number of hydrogen-bond donors (Lipinski definition) is 1. The van der Waals surface area contributed by atoms with Crippen molar-refractivity contribution in [3.63, 3.8) is 0 Å². The van der Waals surface area contributed by atoms with Crippen LogP contribution in [0.1, 0.15) is 12.0 Å². The molecule has 0 saturated carbocycles. The summed E-state index contributed by atoms with van der Waals surface area (Å²) in [5.41, 5.74) is 2.71. The second-order valence-corrected chi connectivity index (χ2v) is 9.55. The van der Waals surface area contributed by atoms with Gasteiger partial charge in [0, 0.05) is 38.5 Å². The molecule has 11 nitrogen and oxygen atoms in total. The summed E-state index contributed by atoms with van der Waals surface area (Å²) < 4.78 is 22.8. The van der Waals surface area contributed by atoms with Gasteiger partial charge in [0.1, 0.15) is 41.3 Å². The molecule has 1 saturated heterocycles. The highest BCUT2D eigenvalue weighted by atomic mass is 19.1. The Morgan fingerprint density at radius 2 is 2.08 bits per heavy atom. The van der Waals surface area contributed by atoms with Gasteiger partial charge in [0.15, 0.2) is 11.5 Å². The standard InChI is InChI=1S/C28H26FN9O2/c1-4-26(39)36(3)18-7-9-37(14-18)24-6-5-21-27(35-24)28(32-15-30-21)34-22-11-17(2)23(13-20(22)29)40-19-8-10-38-25(12-19)31-16-33-38/h4-6,8,10-13,15-16,18H,1,7,9,14H2,2-3H3,(H,30,32,34)/t18-/m1/s1. The van der Waals surface area contributed by atoms with Crippen LogP contribution < -0.4 is 15.0 Å². The summed E-state index contributed by atoms with van der Waals surface area (Å²) >= 11 is 0. The first-order valence-corrected chi connectivity index (χ1v) is 12.7. The maximum absolute atomic E-state index is 15.3. The highest BCUT2D eigenvalue weighted by molar-refractivity contribution is 5.88. The van der Waals surface area contributed by atoms with E-state index in [2.05, 4.69) is 36.8 Å². The van der Waals surface area contributed by atoms with Crippen molar-refractivity contribution in [2.45, 2.75) is 19.4 Å².